The molecule has 1 aliphatic rings. The number of nitrogens with zero attached hydrogens (tertiary/aromatic N) is 3. The zero-order valence-corrected chi connectivity index (χ0v) is 14.6. The number of hydrogen-bond donors (Lipinski definition) is 1. The van der Waals surface area contributed by atoms with E-state index < -0.39 is 0 Å². The van der Waals surface area contributed by atoms with Crippen molar-refractivity contribution in [3.05, 3.63) is 48.0 Å². The Labute approximate surface area is 147 Å². The normalized spacial score (nSPS) is 18.2. The number of carbonyl (C=O) groups excluding carboxylic acids is 1. The van der Waals surface area contributed by atoms with Crippen molar-refractivity contribution in [2.45, 2.75) is 44.7 Å². The van der Waals surface area contributed by atoms with Crippen molar-refractivity contribution in [2.75, 3.05) is 13.6 Å². The van der Waals surface area contributed by atoms with E-state index >= 15 is 0 Å². The maximum absolute atomic E-state index is 13.3. The molecule has 0 aliphatic carbocycles. The van der Waals surface area contributed by atoms with E-state index in [4.69, 9.17) is 0 Å². The lowest BCUT2D eigenvalue weighted by atomic mass is 9.98. The fraction of sp³-hybridized carbons (Fsp3) is 0.474. The number of nitrogens with one attached hydrogen (secondary N) is 1. The first-order valence-corrected chi connectivity index (χ1v) is 8.88. The summed E-state index contributed by atoms with van der Waals surface area (Å²) in [5.41, 5.74) is 1.56. The monoisotopic (exact) mass is 344 g/mol. The lowest BCUT2D eigenvalue weighted by Crippen LogP contribution is -2.37. The molecule has 3 rings (SSSR count). The Morgan fingerprint density at radius 3 is 3.08 bits per heavy atom. The van der Waals surface area contributed by atoms with Crippen molar-refractivity contribution in [1.29, 1.82) is 0 Å². The molecule has 1 unspecified atom stereocenters. The highest BCUT2D eigenvalue weighted by molar-refractivity contribution is 5.75. The van der Waals surface area contributed by atoms with Gasteiger partial charge in [-0.2, -0.15) is 5.10 Å². The molecule has 0 radical (unpaired) electrons. The molecule has 5 nitrogen and oxygen atoms in total. The van der Waals surface area contributed by atoms with Crippen LogP contribution in [0, 0.1) is 5.82 Å². The highest BCUT2D eigenvalue weighted by atomic mass is 19.1. The van der Waals surface area contributed by atoms with E-state index in [1.807, 2.05) is 6.20 Å². The Morgan fingerprint density at radius 2 is 2.28 bits per heavy atom. The fourth-order valence-corrected chi connectivity index (χ4v) is 3.31. The quantitative estimate of drug-likeness (QED) is 0.877. The van der Waals surface area contributed by atoms with Crippen LogP contribution in [-0.4, -0.2) is 40.2 Å². The molecular weight excluding hydrogens is 319 g/mol. The topological polar surface area (TPSA) is 50.2 Å². The van der Waals surface area contributed by atoms with Gasteiger partial charge in [-0.05, 0) is 51.1 Å². The van der Waals surface area contributed by atoms with Gasteiger partial charge >= 0.3 is 0 Å². The molecule has 1 aromatic heterocycles. The predicted octanol–water partition coefficient (Wildman–Crippen LogP) is 2.89. The third-order valence-corrected chi connectivity index (χ3v) is 4.82. The molecule has 2 heterocycles. The van der Waals surface area contributed by atoms with Crippen molar-refractivity contribution in [3.63, 3.8) is 0 Å². The second kappa shape index (κ2) is 8.25. The van der Waals surface area contributed by atoms with Crippen LogP contribution in [0.25, 0.3) is 5.69 Å². The standard InChI is InChI=1S/C19H25FN4O/c1-23-10-3-2-6-17(23)8-9-19(25)21-12-15-13-22-24(14-15)18-7-4-5-16(20)11-18/h4-5,7,11,13-14,17H,2-3,6,8-10,12H2,1H3,(H,21,25). The molecule has 1 saturated heterocycles. The number of aromatic nitrogens is 2. The van der Waals surface area contributed by atoms with E-state index in [1.165, 1.54) is 31.4 Å². The van der Waals surface area contributed by atoms with E-state index in [0.717, 1.165) is 18.5 Å². The molecule has 25 heavy (non-hydrogen) atoms. The number of amides is 1. The average Bonchev–Trinajstić information content (AvgIpc) is 3.08. The van der Waals surface area contributed by atoms with Crippen molar-refractivity contribution in [1.82, 2.24) is 20.0 Å². The van der Waals surface area contributed by atoms with Gasteiger partial charge in [0.15, 0.2) is 0 Å². The molecule has 0 saturated carbocycles. The average molecular weight is 344 g/mol. The predicted molar refractivity (Wildman–Crippen MR) is 94.9 cm³/mol. The minimum Gasteiger partial charge on any atom is -0.352 e. The smallest absolute Gasteiger partial charge is 0.220 e. The fourth-order valence-electron chi connectivity index (χ4n) is 3.31. The largest absolute Gasteiger partial charge is 0.352 e. The summed E-state index contributed by atoms with van der Waals surface area (Å²) in [4.78, 5) is 14.4. The molecule has 2 aromatic rings. The molecule has 1 aliphatic heterocycles. The SMILES string of the molecule is CN1CCCCC1CCC(=O)NCc1cnn(-c2cccc(F)c2)c1. The van der Waals surface area contributed by atoms with Crippen LogP contribution in [-0.2, 0) is 11.3 Å². The number of halogens is 1. The highest BCUT2D eigenvalue weighted by Crippen LogP contribution is 2.19. The van der Waals surface area contributed by atoms with Gasteiger partial charge in [0.05, 0.1) is 11.9 Å². The van der Waals surface area contributed by atoms with Crippen LogP contribution in [0.15, 0.2) is 36.7 Å². The Bertz CT molecular complexity index is 715. The number of rotatable bonds is 6. The summed E-state index contributed by atoms with van der Waals surface area (Å²) in [6.45, 7) is 1.57. The van der Waals surface area contributed by atoms with E-state index in [0.29, 0.717) is 24.7 Å². The molecule has 1 atom stereocenters. The van der Waals surface area contributed by atoms with Gasteiger partial charge < -0.3 is 10.2 Å². The number of carbonyl (C=O) groups is 1. The van der Waals surface area contributed by atoms with Crippen molar-refractivity contribution < 1.29 is 9.18 Å². The number of hydrogen-bond acceptors (Lipinski definition) is 3. The first-order chi connectivity index (χ1) is 12.1. The van der Waals surface area contributed by atoms with Gasteiger partial charge in [-0.25, -0.2) is 9.07 Å². The van der Waals surface area contributed by atoms with Crippen molar-refractivity contribution in [3.8, 4) is 5.69 Å². The Balaban J connectivity index is 1.46. The van der Waals surface area contributed by atoms with Crippen LogP contribution in [0.1, 0.15) is 37.7 Å². The molecule has 6 heteroatoms. The van der Waals surface area contributed by atoms with Gasteiger partial charge in [-0.3, -0.25) is 4.79 Å². The van der Waals surface area contributed by atoms with E-state index in [2.05, 4.69) is 22.4 Å². The van der Waals surface area contributed by atoms with Gasteiger partial charge in [-0.15, -0.1) is 0 Å². The van der Waals surface area contributed by atoms with Crippen LogP contribution < -0.4 is 5.32 Å². The number of piperidine rings is 1. The first-order valence-electron chi connectivity index (χ1n) is 8.88. The van der Waals surface area contributed by atoms with Crippen molar-refractivity contribution >= 4 is 5.91 Å². The summed E-state index contributed by atoms with van der Waals surface area (Å²) < 4.78 is 14.9. The van der Waals surface area contributed by atoms with Gasteiger partial charge in [0.2, 0.25) is 5.91 Å². The number of likely N-dealkylation sites (tertiary alicyclic amines) is 1. The second-order valence-electron chi connectivity index (χ2n) is 6.72. The number of benzene rings is 1. The maximum atomic E-state index is 13.3. The first kappa shape index (κ1) is 17.6. The van der Waals surface area contributed by atoms with Gasteiger partial charge in [0.1, 0.15) is 5.82 Å². The van der Waals surface area contributed by atoms with Crippen LogP contribution in [0.5, 0.6) is 0 Å². The Hall–Kier alpha value is -2.21. The second-order valence-corrected chi connectivity index (χ2v) is 6.72. The lowest BCUT2D eigenvalue weighted by molar-refractivity contribution is -0.121. The van der Waals surface area contributed by atoms with Crippen LogP contribution in [0.2, 0.25) is 0 Å². The Morgan fingerprint density at radius 1 is 1.40 bits per heavy atom. The zero-order valence-electron chi connectivity index (χ0n) is 14.6. The Kier molecular flexibility index (Phi) is 5.81. The minimum absolute atomic E-state index is 0.0671. The summed E-state index contributed by atoms with van der Waals surface area (Å²) in [5.74, 6) is -0.229. The van der Waals surface area contributed by atoms with E-state index in [1.54, 1.807) is 23.0 Å². The third kappa shape index (κ3) is 4.89. The highest BCUT2D eigenvalue weighted by Gasteiger charge is 2.19. The lowest BCUT2D eigenvalue weighted by Gasteiger charge is -2.32. The summed E-state index contributed by atoms with van der Waals surface area (Å²) in [6.07, 6.45) is 8.66. The molecule has 1 fully saturated rings. The molecule has 1 amide bonds. The van der Waals surface area contributed by atoms with Crippen LogP contribution in [0.4, 0.5) is 4.39 Å². The van der Waals surface area contributed by atoms with Gasteiger partial charge in [0, 0.05) is 30.8 Å². The molecule has 0 bridgehead atoms. The summed E-state index contributed by atoms with van der Waals surface area (Å²) in [6, 6.07) is 6.79. The van der Waals surface area contributed by atoms with Crippen LogP contribution in [0.3, 0.4) is 0 Å². The summed E-state index contributed by atoms with van der Waals surface area (Å²) in [5, 5.41) is 7.17. The maximum Gasteiger partial charge on any atom is 0.220 e. The summed E-state index contributed by atoms with van der Waals surface area (Å²) >= 11 is 0. The van der Waals surface area contributed by atoms with Gasteiger partial charge in [-0.1, -0.05) is 12.5 Å². The molecule has 1 aromatic carbocycles. The third-order valence-electron chi connectivity index (χ3n) is 4.82. The minimum atomic E-state index is -0.296. The molecule has 0 spiro atoms. The van der Waals surface area contributed by atoms with Crippen LogP contribution >= 0.6 is 0 Å². The van der Waals surface area contributed by atoms with Crippen molar-refractivity contribution in [2.24, 2.45) is 0 Å². The molecule has 134 valence electrons. The van der Waals surface area contributed by atoms with E-state index in [9.17, 15) is 9.18 Å². The van der Waals surface area contributed by atoms with Gasteiger partial charge in [0.25, 0.3) is 0 Å². The molecular formula is C19H25FN4O. The zero-order chi connectivity index (χ0) is 17.6. The summed E-state index contributed by atoms with van der Waals surface area (Å²) in [7, 11) is 2.14. The van der Waals surface area contributed by atoms with E-state index in [-0.39, 0.29) is 11.7 Å². The molecule has 1 N–H and O–H groups in total.